The summed E-state index contributed by atoms with van der Waals surface area (Å²) in [6, 6.07) is 17.7. The van der Waals surface area contributed by atoms with Gasteiger partial charge in [0.25, 0.3) is 0 Å². The molecule has 0 bridgehead atoms. The molecular formula is C24H29ClN4O2. The van der Waals surface area contributed by atoms with Gasteiger partial charge >= 0.3 is 0 Å². The minimum Gasteiger partial charge on any atom is -0.369 e. The molecule has 2 amide bonds. The molecule has 31 heavy (non-hydrogen) atoms. The molecule has 4 rings (SSSR count). The molecule has 2 aromatic rings. The minimum atomic E-state index is -0.593. The molecule has 2 aromatic carbocycles. The molecule has 6 nitrogen and oxygen atoms in total. The number of hydrogen-bond acceptors (Lipinski definition) is 4. The summed E-state index contributed by atoms with van der Waals surface area (Å²) in [6.07, 6.45) is 1.44. The van der Waals surface area contributed by atoms with E-state index in [-0.39, 0.29) is 11.8 Å². The maximum absolute atomic E-state index is 12.7. The van der Waals surface area contributed by atoms with Gasteiger partial charge in [0.1, 0.15) is 5.92 Å². The maximum Gasteiger partial charge on any atom is 0.239 e. The summed E-state index contributed by atoms with van der Waals surface area (Å²) in [6.45, 7) is 6.21. The number of benzene rings is 2. The Bertz CT molecular complexity index is 882. The lowest BCUT2D eigenvalue weighted by molar-refractivity contribution is -0.132. The fraction of sp³-hybridized carbons (Fsp3) is 0.417. The zero-order chi connectivity index (χ0) is 21.6. The number of piperazine rings is 1. The Hall–Kier alpha value is -2.57. The molecule has 0 aromatic heterocycles. The van der Waals surface area contributed by atoms with Gasteiger partial charge in [0, 0.05) is 55.7 Å². The minimum absolute atomic E-state index is 0.128. The Morgan fingerprint density at radius 2 is 1.65 bits per heavy atom. The predicted molar refractivity (Wildman–Crippen MR) is 125 cm³/mol. The first-order chi connectivity index (χ1) is 15.1. The molecule has 2 heterocycles. The first kappa shape index (κ1) is 21.7. The van der Waals surface area contributed by atoms with Crippen LogP contribution in [0.25, 0.3) is 0 Å². The number of anilines is 2. The largest absolute Gasteiger partial charge is 0.369 e. The molecule has 2 aliphatic heterocycles. The van der Waals surface area contributed by atoms with Gasteiger partial charge in [0.2, 0.25) is 11.8 Å². The van der Waals surface area contributed by atoms with E-state index in [4.69, 9.17) is 11.6 Å². The Labute approximate surface area is 188 Å². The van der Waals surface area contributed by atoms with E-state index < -0.39 is 5.92 Å². The first-order valence-electron chi connectivity index (χ1n) is 11.0. The van der Waals surface area contributed by atoms with Crippen LogP contribution in [0.5, 0.6) is 0 Å². The number of nitrogens with one attached hydrogen (secondary N) is 1. The number of carbonyl (C=O) groups is 2. The normalized spacial score (nSPS) is 19.6. The van der Waals surface area contributed by atoms with E-state index in [0.29, 0.717) is 24.5 Å². The molecule has 1 N–H and O–H groups in total. The summed E-state index contributed by atoms with van der Waals surface area (Å²) in [5, 5.41) is 3.60. The second-order valence-corrected chi connectivity index (χ2v) is 8.55. The van der Waals surface area contributed by atoms with Gasteiger partial charge in [-0.3, -0.25) is 14.5 Å². The van der Waals surface area contributed by atoms with Crippen molar-refractivity contribution >= 4 is 34.8 Å². The zero-order valence-corrected chi connectivity index (χ0v) is 18.4. The quantitative estimate of drug-likeness (QED) is 0.531. The van der Waals surface area contributed by atoms with Crippen molar-refractivity contribution in [2.24, 2.45) is 5.92 Å². The maximum atomic E-state index is 12.7. The van der Waals surface area contributed by atoms with Crippen molar-refractivity contribution in [3.8, 4) is 0 Å². The van der Waals surface area contributed by atoms with E-state index in [1.165, 1.54) is 5.69 Å². The summed E-state index contributed by atoms with van der Waals surface area (Å²) < 4.78 is 0. The van der Waals surface area contributed by atoms with Crippen LogP contribution in [0.3, 0.4) is 0 Å². The number of nitrogens with zero attached hydrogens (tertiary/aromatic N) is 3. The molecule has 2 fully saturated rings. The van der Waals surface area contributed by atoms with Crippen LogP contribution in [0, 0.1) is 5.92 Å². The monoisotopic (exact) mass is 440 g/mol. The highest BCUT2D eigenvalue weighted by Gasteiger charge is 2.37. The second-order valence-electron chi connectivity index (χ2n) is 8.12. The number of hydrogen-bond donors (Lipinski definition) is 1. The van der Waals surface area contributed by atoms with Gasteiger partial charge in [-0.15, -0.1) is 0 Å². The standard InChI is InChI=1S/C24H29ClN4O2/c25-19-7-9-21(10-8-19)29-14-11-22(24(29)31)23(30)26-12-4-13-27-15-17-28(18-16-27)20-5-2-1-3-6-20/h1-3,5-10,22H,4,11-18H2,(H,26,30)/t22-/m0/s1. The molecule has 0 radical (unpaired) electrons. The number of rotatable bonds is 7. The van der Waals surface area contributed by atoms with E-state index in [0.717, 1.165) is 44.8 Å². The van der Waals surface area contributed by atoms with E-state index in [9.17, 15) is 9.59 Å². The van der Waals surface area contributed by atoms with Crippen molar-refractivity contribution in [3.05, 3.63) is 59.6 Å². The number of halogens is 1. The summed E-state index contributed by atoms with van der Waals surface area (Å²) in [5.41, 5.74) is 2.07. The molecular weight excluding hydrogens is 412 g/mol. The molecule has 1 atom stereocenters. The van der Waals surface area contributed by atoms with Gasteiger partial charge in [-0.25, -0.2) is 0 Å². The third kappa shape index (κ3) is 5.38. The van der Waals surface area contributed by atoms with E-state index >= 15 is 0 Å². The molecule has 2 aliphatic rings. The lowest BCUT2D eigenvalue weighted by Crippen LogP contribution is -2.47. The fourth-order valence-corrected chi connectivity index (χ4v) is 4.43. The van der Waals surface area contributed by atoms with Crippen LogP contribution < -0.4 is 15.1 Å². The third-order valence-corrected chi connectivity index (χ3v) is 6.36. The summed E-state index contributed by atoms with van der Waals surface area (Å²) in [4.78, 5) is 31.7. The van der Waals surface area contributed by atoms with Gasteiger partial charge in [0.15, 0.2) is 0 Å². The number of amides is 2. The lowest BCUT2D eigenvalue weighted by atomic mass is 10.1. The Morgan fingerprint density at radius 1 is 0.935 bits per heavy atom. The van der Waals surface area contributed by atoms with Crippen molar-refractivity contribution < 1.29 is 9.59 Å². The van der Waals surface area contributed by atoms with E-state index in [2.05, 4.69) is 39.4 Å². The van der Waals surface area contributed by atoms with Crippen LogP contribution in [0.1, 0.15) is 12.8 Å². The van der Waals surface area contributed by atoms with Crippen molar-refractivity contribution in [1.82, 2.24) is 10.2 Å². The van der Waals surface area contributed by atoms with Crippen LogP contribution in [-0.4, -0.2) is 62.5 Å². The molecule has 2 saturated heterocycles. The first-order valence-corrected chi connectivity index (χ1v) is 11.4. The highest BCUT2D eigenvalue weighted by Crippen LogP contribution is 2.26. The average molecular weight is 441 g/mol. The van der Waals surface area contributed by atoms with Crippen molar-refractivity contribution in [2.45, 2.75) is 12.8 Å². The van der Waals surface area contributed by atoms with Crippen molar-refractivity contribution in [1.29, 1.82) is 0 Å². The number of para-hydroxylation sites is 1. The third-order valence-electron chi connectivity index (χ3n) is 6.10. The van der Waals surface area contributed by atoms with E-state index in [1.807, 2.05) is 18.2 Å². The summed E-state index contributed by atoms with van der Waals surface area (Å²) >= 11 is 5.92. The highest BCUT2D eigenvalue weighted by atomic mass is 35.5. The molecule has 164 valence electrons. The topological polar surface area (TPSA) is 55.9 Å². The fourth-order valence-electron chi connectivity index (χ4n) is 4.31. The summed E-state index contributed by atoms with van der Waals surface area (Å²) in [7, 11) is 0. The molecule has 0 spiro atoms. The van der Waals surface area contributed by atoms with Crippen LogP contribution >= 0.6 is 11.6 Å². The zero-order valence-electron chi connectivity index (χ0n) is 17.7. The van der Waals surface area contributed by atoms with Gasteiger partial charge in [-0.2, -0.15) is 0 Å². The Morgan fingerprint density at radius 3 is 2.35 bits per heavy atom. The van der Waals surface area contributed by atoms with Crippen LogP contribution in [0.4, 0.5) is 11.4 Å². The van der Waals surface area contributed by atoms with Gasteiger partial charge in [-0.05, 0) is 55.8 Å². The highest BCUT2D eigenvalue weighted by molar-refractivity contribution is 6.30. The Kier molecular flexibility index (Phi) is 7.10. The van der Waals surface area contributed by atoms with Gasteiger partial charge < -0.3 is 15.1 Å². The van der Waals surface area contributed by atoms with Crippen LogP contribution in [0.2, 0.25) is 5.02 Å². The van der Waals surface area contributed by atoms with Gasteiger partial charge in [-0.1, -0.05) is 29.8 Å². The average Bonchev–Trinajstić information content (AvgIpc) is 3.19. The predicted octanol–water partition coefficient (Wildman–Crippen LogP) is 3.02. The second kappa shape index (κ2) is 10.2. The van der Waals surface area contributed by atoms with Crippen molar-refractivity contribution in [2.75, 3.05) is 55.6 Å². The molecule has 0 aliphatic carbocycles. The molecule has 0 saturated carbocycles. The van der Waals surface area contributed by atoms with E-state index in [1.54, 1.807) is 17.0 Å². The van der Waals surface area contributed by atoms with Crippen LogP contribution in [-0.2, 0) is 9.59 Å². The molecule has 0 unspecified atom stereocenters. The number of carbonyl (C=O) groups excluding carboxylic acids is 2. The smallest absolute Gasteiger partial charge is 0.239 e. The van der Waals surface area contributed by atoms with Gasteiger partial charge in [0.05, 0.1) is 0 Å². The Balaban J connectivity index is 1.16. The lowest BCUT2D eigenvalue weighted by Gasteiger charge is -2.36. The van der Waals surface area contributed by atoms with Crippen molar-refractivity contribution in [3.63, 3.8) is 0 Å². The SMILES string of the molecule is O=C(NCCCN1CCN(c2ccccc2)CC1)[C@@H]1CCN(c2ccc(Cl)cc2)C1=O. The van der Waals surface area contributed by atoms with Crippen LogP contribution in [0.15, 0.2) is 54.6 Å². The molecule has 7 heteroatoms. The summed E-state index contributed by atoms with van der Waals surface area (Å²) in [5.74, 6) is -0.877.